The van der Waals surface area contributed by atoms with Crippen molar-refractivity contribution in [2.45, 2.75) is 18.8 Å². The fourth-order valence-corrected chi connectivity index (χ4v) is 3.27. The molecule has 0 saturated carbocycles. The molecule has 1 fully saturated rings. The highest BCUT2D eigenvalue weighted by molar-refractivity contribution is 5.91. The second kappa shape index (κ2) is 6.35. The number of furan rings is 1. The third-order valence-corrected chi connectivity index (χ3v) is 4.55. The predicted molar refractivity (Wildman–Crippen MR) is 90.6 cm³/mol. The molecule has 1 amide bonds. The average Bonchev–Trinajstić information content (AvgIpc) is 3.34. The molecule has 1 N–H and O–H groups in total. The van der Waals surface area contributed by atoms with Gasteiger partial charge in [0.1, 0.15) is 0 Å². The zero-order valence-corrected chi connectivity index (χ0v) is 13.3. The van der Waals surface area contributed by atoms with Crippen molar-refractivity contribution in [3.05, 3.63) is 66.2 Å². The predicted octanol–water partition coefficient (Wildman–Crippen LogP) is 3.69. The summed E-state index contributed by atoms with van der Waals surface area (Å²) in [6.07, 6.45) is 3.57. The smallest absolute Gasteiger partial charge is 0.289 e. The van der Waals surface area contributed by atoms with Crippen LogP contribution in [-0.2, 0) is 0 Å². The van der Waals surface area contributed by atoms with Crippen molar-refractivity contribution in [3.8, 4) is 11.3 Å². The highest BCUT2D eigenvalue weighted by atomic mass is 16.3. The van der Waals surface area contributed by atoms with Crippen molar-refractivity contribution in [3.63, 3.8) is 0 Å². The summed E-state index contributed by atoms with van der Waals surface area (Å²) in [6, 6.07) is 15.7. The number of nitrogens with zero attached hydrogens (tertiary/aromatic N) is 2. The van der Waals surface area contributed by atoms with Gasteiger partial charge in [-0.15, -0.1) is 0 Å². The zero-order chi connectivity index (χ0) is 16.4. The molecule has 2 aromatic heterocycles. The molecule has 4 rings (SSSR count). The fraction of sp³-hybridized carbons (Fsp3) is 0.263. The van der Waals surface area contributed by atoms with E-state index in [4.69, 9.17) is 4.42 Å². The van der Waals surface area contributed by atoms with Gasteiger partial charge >= 0.3 is 0 Å². The Morgan fingerprint density at radius 2 is 2.08 bits per heavy atom. The molecular formula is C19H19N3O2. The first kappa shape index (κ1) is 14.8. The van der Waals surface area contributed by atoms with Crippen molar-refractivity contribution < 1.29 is 9.21 Å². The number of nitrogens with one attached hydrogen (secondary N) is 1. The third-order valence-electron chi connectivity index (χ3n) is 4.55. The zero-order valence-electron chi connectivity index (χ0n) is 13.3. The van der Waals surface area contributed by atoms with Crippen molar-refractivity contribution in [1.29, 1.82) is 0 Å². The fourth-order valence-electron chi connectivity index (χ4n) is 3.27. The molecule has 1 unspecified atom stereocenters. The van der Waals surface area contributed by atoms with Crippen LogP contribution in [0.4, 0.5) is 0 Å². The van der Waals surface area contributed by atoms with Gasteiger partial charge in [0.05, 0.1) is 12.0 Å². The molecule has 24 heavy (non-hydrogen) atoms. The van der Waals surface area contributed by atoms with Crippen LogP contribution in [0.5, 0.6) is 0 Å². The molecule has 0 spiro atoms. The van der Waals surface area contributed by atoms with Gasteiger partial charge in [-0.25, -0.2) is 0 Å². The molecule has 5 heteroatoms. The maximum atomic E-state index is 12.5. The van der Waals surface area contributed by atoms with E-state index in [0.717, 1.165) is 36.3 Å². The molecule has 3 heterocycles. The van der Waals surface area contributed by atoms with Gasteiger partial charge in [-0.3, -0.25) is 9.89 Å². The third kappa shape index (κ3) is 2.85. The van der Waals surface area contributed by atoms with Gasteiger partial charge in [0, 0.05) is 30.3 Å². The Labute approximate surface area is 140 Å². The number of rotatable bonds is 3. The summed E-state index contributed by atoms with van der Waals surface area (Å²) in [5.41, 5.74) is 3.13. The maximum Gasteiger partial charge on any atom is 0.289 e. The van der Waals surface area contributed by atoms with Gasteiger partial charge in [-0.2, -0.15) is 5.10 Å². The standard InChI is InChI=1S/C19H19N3O2/c23-19(18-9-5-11-24-18)22-10-4-8-15(13-22)17-12-16(20-21-17)14-6-2-1-3-7-14/h1-3,5-7,9,11-12,15H,4,8,10,13H2,(H,20,21). The van der Waals surface area contributed by atoms with Crippen LogP contribution in [0.1, 0.15) is 35.0 Å². The minimum atomic E-state index is -0.0347. The monoisotopic (exact) mass is 321 g/mol. The first-order chi connectivity index (χ1) is 11.8. The Morgan fingerprint density at radius 3 is 2.88 bits per heavy atom. The normalized spacial score (nSPS) is 17.8. The van der Waals surface area contributed by atoms with Gasteiger partial charge in [0.2, 0.25) is 0 Å². The highest BCUT2D eigenvalue weighted by Gasteiger charge is 2.27. The first-order valence-electron chi connectivity index (χ1n) is 8.25. The molecule has 1 saturated heterocycles. The summed E-state index contributed by atoms with van der Waals surface area (Å²) in [5.74, 6) is 0.653. The molecule has 1 aliphatic rings. The van der Waals surface area contributed by atoms with Crippen molar-refractivity contribution >= 4 is 5.91 Å². The second-order valence-electron chi connectivity index (χ2n) is 6.14. The average molecular weight is 321 g/mol. The number of piperidine rings is 1. The molecule has 1 atom stereocenters. The Balaban J connectivity index is 1.50. The summed E-state index contributed by atoms with van der Waals surface area (Å²) in [5, 5.41) is 7.59. The molecule has 1 aromatic carbocycles. The minimum absolute atomic E-state index is 0.0347. The quantitative estimate of drug-likeness (QED) is 0.800. The van der Waals surface area contributed by atoms with Crippen molar-refractivity contribution in [2.75, 3.05) is 13.1 Å². The highest BCUT2D eigenvalue weighted by Crippen LogP contribution is 2.29. The number of H-pyrrole nitrogens is 1. The largest absolute Gasteiger partial charge is 0.459 e. The second-order valence-corrected chi connectivity index (χ2v) is 6.14. The van der Waals surface area contributed by atoms with Gasteiger partial charge in [0.15, 0.2) is 5.76 Å². The van der Waals surface area contributed by atoms with Crippen molar-refractivity contribution in [1.82, 2.24) is 15.1 Å². The van der Waals surface area contributed by atoms with E-state index in [1.807, 2.05) is 35.2 Å². The van der Waals surface area contributed by atoms with Gasteiger partial charge in [-0.1, -0.05) is 30.3 Å². The van der Waals surface area contributed by atoms with Crippen LogP contribution in [0.15, 0.2) is 59.2 Å². The number of hydrogen-bond donors (Lipinski definition) is 1. The summed E-state index contributed by atoms with van der Waals surface area (Å²) < 4.78 is 5.24. The van der Waals surface area contributed by atoms with Crippen LogP contribution in [0, 0.1) is 0 Å². The number of carbonyl (C=O) groups excluding carboxylic acids is 1. The van der Waals surface area contributed by atoms with Crippen LogP contribution in [-0.4, -0.2) is 34.1 Å². The van der Waals surface area contributed by atoms with Gasteiger partial charge in [-0.05, 0) is 31.0 Å². The number of amides is 1. The lowest BCUT2D eigenvalue weighted by Gasteiger charge is -2.31. The Bertz CT molecular complexity index is 808. The van der Waals surface area contributed by atoms with E-state index in [0.29, 0.717) is 12.3 Å². The molecule has 5 nitrogen and oxygen atoms in total. The van der Waals surface area contributed by atoms with E-state index >= 15 is 0 Å². The molecule has 3 aromatic rings. The summed E-state index contributed by atoms with van der Waals surface area (Å²) in [4.78, 5) is 14.3. The molecule has 122 valence electrons. The Morgan fingerprint density at radius 1 is 1.21 bits per heavy atom. The van der Waals surface area contributed by atoms with E-state index in [-0.39, 0.29) is 11.8 Å². The van der Waals surface area contributed by atoms with E-state index < -0.39 is 0 Å². The molecule has 0 aliphatic carbocycles. The lowest BCUT2D eigenvalue weighted by Crippen LogP contribution is -2.39. The summed E-state index contributed by atoms with van der Waals surface area (Å²) in [7, 11) is 0. The molecule has 1 aliphatic heterocycles. The molecule has 0 bridgehead atoms. The minimum Gasteiger partial charge on any atom is -0.459 e. The van der Waals surface area contributed by atoms with Gasteiger partial charge in [0.25, 0.3) is 5.91 Å². The van der Waals surface area contributed by atoms with Crippen LogP contribution in [0.25, 0.3) is 11.3 Å². The number of likely N-dealkylation sites (tertiary alicyclic amines) is 1. The van der Waals surface area contributed by atoms with Gasteiger partial charge < -0.3 is 9.32 Å². The first-order valence-corrected chi connectivity index (χ1v) is 8.25. The van der Waals surface area contributed by atoms with Crippen LogP contribution in [0.2, 0.25) is 0 Å². The van der Waals surface area contributed by atoms with E-state index in [9.17, 15) is 4.79 Å². The summed E-state index contributed by atoms with van der Waals surface area (Å²) in [6.45, 7) is 1.46. The maximum absolute atomic E-state index is 12.5. The van der Waals surface area contributed by atoms with E-state index in [2.05, 4.69) is 16.3 Å². The molecular weight excluding hydrogens is 302 g/mol. The Kier molecular flexibility index (Phi) is 3.91. The van der Waals surface area contributed by atoms with E-state index in [1.54, 1.807) is 12.1 Å². The van der Waals surface area contributed by atoms with Crippen LogP contribution in [0.3, 0.4) is 0 Å². The number of hydrogen-bond acceptors (Lipinski definition) is 3. The number of aromatic amines is 1. The summed E-state index contributed by atoms with van der Waals surface area (Å²) >= 11 is 0. The van der Waals surface area contributed by atoms with Crippen LogP contribution >= 0.6 is 0 Å². The van der Waals surface area contributed by atoms with Crippen molar-refractivity contribution in [2.24, 2.45) is 0 Å². The topological polar surface area (TPSA) is 62.1 Å². The SMILES string of the molecule is O=C(c1ccco1)N1CCCC(c2cc(-c3ccccc3)n[nH]2)C1. The molecule has 0 radical (unpaired) electrons. The van der Waals surface area contributed by atoms with E-state index in [1.165, 1.54) is 6.26 Å². The van der Waals surface area contributed by atoms with Crippen LogP contribution < -0.4 is 0 Å². The number of aromatic nitrogens is 2. The lowest BCUT2D eigenvalue weighted by atomic mass is 9.94. The number of benzene rings is 1. The number of carbonyl (C=O) groups is 1. The lowest BCUT2D eigenvalue weighted by molar-refractivity contribution is 0.0673. The Hall–Kier alpha value is -2.82.